The van der Waals surface area contributed by atoms with Gasteiger partial charge in [0.1, 0.15) is 19.0 Å². The second-order valence-corrected chi connectivity index (χ2v) is 7.24. The molecular formula is C20H21BrN4O3. The Bertz CT molecular complexity index is 1000. The minimum atomic E-state index is -0.381. The number of ether oxygens (including phenoxy) is 1. The molecule has 8 heteroatoms. The third-order valence-electron chi connectivity index (χ3n) is 4.13. The number of rotatable bonds is 7. The maximum absolute atomic E-state index is 12.7. The van der Waals surface area contributed by atoms with E-state index < -0.39 is 0 Å². The predicted octanol–water partition coefficient (Wildman–Crippen LogP) is 3.26. The summed E-state index contributed by atoms with van der Waals surface area (Å²) >= 11 is 3.39. The molecule has 2 amide bonds. The van der Waals surface area contributed by atoms with Crippen molar-refractivity contribution < 1.29 is 14.3 Å². The number of nitrogens with one attached hydrogen (secondary N) is 2. The molecule has 1 unspecified atom stereocenters. The molecule has 2 N–H and O–H groups in total. The van der Waals surface area contributed by atoms with Crippen LogP contribution in [0.1, 0.15) is 18.8 Å². The number of hydrogen-bond donors (Lipinski definition) is 2. The zero-order valence-electron chi connectivity index (χ0n) is 15.6. The molecule has 1 atom stereocenters. The van der Waals surface area contributed by atoms with Crippen molar-refractivity contribution in [3.05, 3.63) is 58.8 Å². The molecule has 0 bridgehead atoms. The number of aromatic nitrogens is 2. The Labute approximate surface area is 171 Å². The molecule has 1 heterocycles. The number of amides is 2. The Morgan fingerprint density at radius 1 is 1.18 bits per heavy atom. The van der Waals surface area contributed by atoms with E-state index in [-0.39, 0.29) is 31.0 Å². The first-order chi connectivity index (χ1) is 13.5. The lowest BCUT2D eigenvalue weighted by atomic mass is 10.3. The van der Waals surface area contributed by atoms with Crippen LogP contribution in [0.4, 0.5) is 5.69 Å². The Balaban J connectivity index is 1.86. The first-order valence-electron chi connectivity index (χ1n) is 8.77. The van der Waals surface area contributed by atoms with Crippen LogP contribution < -0.4 is 10.6 Å². The van der Waals surface area contributed by atoms with E-state index in [0.29, 0.717) is 11.5 Å². The quantitative estimate of drug-likeness (QED) is 0.585. The van der Waals surface area contributed by atoms with E-state index in [1.54, 1.807) is 0 Å². The predicted molar refractivity (Wildman–Crippen MR) is 111 cm³/mol. The average Bonchev–Trinajstić information content (AvgIpc) is 3.00. The molecule has 2 aromatic carbocycles. The second kappa shape index (κ2) is 8.99. The fourth-order valence-corrected chi connectivity index (χ4v) is 3.38. The Morgan fingerprint density at radius 2 is 1.96 bits per heavy atom. The maximum atomic E-state index is 12.7. The van der Waals surface area contributed by atoms with Gasteiger partial charge in [-0.25, -0.2) is 4.98 Å². The monoisotopic (exact) mass is 444 g/mol. The molecule has 0 saturated carbocycles. The number of para-hydroxylation sites is 2. The van der Waals surface area contributed by atoms with Gasteiger partial charge in [-0.05, 0) is 37.3 Å². The SMILES string of the molecule is COCC(=O)NC(C)c1nc2ccccc2n1CC(=O)Nc1cccc(Br)c1. The number of carbonyl (C=O) groups excluding carboxylic acids is 2. The van der Waals surface area contributed by atoms with Gasteiger partial charge in [0.25, 0.3) is 0 Å². The van der Waals surface area contributed by atoms with Crippen molar-refractivity contribution in [2.75, 3.05) is 19.0 Å². The summed E-state index contributed by atoms with van der Waals surface area (Å²) in [4.78, 5) is 29.2. The van der Waals surface area contributed by atoms with Gasteiger partial charge in [0.05, 0.1) is 17.1 Å². The zero-order valence-corrected chi connectivity index (χ0v) is 17.2. The number of nitrogens with zero attached hydrogens (tertiary/aromatic N) is 2. The van der Waals surface area contributed by atoms with E-state index in [1.807, 2.05) is 60.0 Å². The van der Waals surface area contributed by atoms with E-state index in [9.17, 15) is 9.59 Å². The number of carbonyl (C=O) groups is 2. The van der Waals surface area contributed by atoms with E-state index >= 15 is 0 Å². The molecule has 0 spiro atoms. The lowest BCUT2D eigenvalue weighted by Crippen LogP contribution is -2.32. The van der Waals surface area contributed by atoms with Crippen LogP contribution in [0.25, 0.3) is 11.0 Å². The Hall–Kier alpha value is -2.71. The van der Waals surface area contributed by atoms with Crippen LogP contribution in [-0.4, -0.2) is 35.1 Å². The van der Waals surface area contributed by atoms with E-state index in [1.165, 1.54) is 7.11 Å². The van der Waals surface area contributed by atoms with Crippen LogP contribution in [0, 0.1) is 0 Å². The van der Waals surface area contributed by atoms with Gasteiger partial charge in [0.15, 0.2) is 0 Å². The highest BCUT2D eigenvalue weighted by atomic mass is 79.9. The van der Waals surface area contributed by atoms with Crippen molar-refractivity contribution in [1.82, 2.24) is 14.9 Å². The number of halogens is 1. The number of benzene rings is 2. The number of imidazole rings is 1. The highest BCUT2D eigenvalue weighted by Crippen LogP contribution is 2.21. The molecule has 0 aliphatic rings. The molecule has 0 radical (unpaired) electrons. The topological polar surface area (TPSA) is 85.2 Å². The molecule has 7 nitrogen and oxygen atoms in total. The normalized spacial score (nSPS) is 12.0. The molecule has 0 saturated heterocycles. The minimum absolute atomic E-state index is 0.0338. The molecule has 0 aliphatic carbocycles. The maximum Gasteiger partial charge on any atom is 0.246 e. The molecule has 28 heavy (non-hydrogen) atoms. The van der Waals surface area contributed by atoms with Crippen LogP contribution in [0.15, 0.2) is 53.0 Å². The molecule has 3 rings (SSSR count). The number of methoxy groups -OCH3 is 1. The van der Waals surface area contributed by atoms with Crippen molar-refractivity contribution in [1.29, 1.82) is 0 Å². The van der Waals surface area contributed by atoms with Gasteiger partial charge in [-0.2, -0.15) is 0 Å². The number of hydrogen-bond acceptors (Lipinski definition) is 4. The van der Waals surface area contributed by atoms with Crippen molar-refractivity contribution in [3.8, 4) is 0 Å². The molecular weight excluding hydrogens is 424 g/mol. The summed E-state index contributed by atoms with van der Waals surface area (Å²) in [6.07, 6.45) is 0. The Morgan fingerprint density at radius 3 is 2.71 bits per heavy atom. The second-order valence-electron chi connectivity index (χ2n) is 6.33. The highest BCUT2D eigenvalue weighted by molar-refractivity contribution is 9.10. The van der Waals surface area contributed by atoms with Crippen molar-refractivity contribution in [2.24, 2.45) is 0 Å². The summed E-state index contributed by atoms with van der Waals surface area (Å²) in [6, 6.07) is 14.6. The lowest BCUT2D eigenvalue weighted by molar-refractivity contribution is -0.125. The first-order valence-corrected chi connectivity index (χ1v) is 9.56. The van der Waals surface area contributed by atoms with E-state index in [4.69, 9.17) is 4.74 Å². The highest BCUT2D eigenvalue weighted by Gasteiger charge is 2.20. The summed E-state index contributed by atoms with van der Waals surface area (Å²) in [7, 11) is 1.46. The third-order valence-corrected chi connectivity index (χ3v) is 4.63. The smallest absolute Gasteiger partial charge is 0.246 e. The molecule has 0 fully saturated rings. The van der Waals surface area contributed by atoms with Crippen LogP contribution >= 0.6 is 15.9 Å². The molecule has 3 aromatic rings. The van der Waals surface area contributed by atoms with Gasteiger partial charge in [0.2, 0.25) is 11.8 Å². The van der Waals surface area contributed by atoms with E-state index in [0.717, 1.165) is 15.5 Å². The van der Waals surface area contributed by atoms with Gasteiger partial charge in [-0.1, -0.05) is 34.1 Å². The van der Waals surface area contributed by atoms with Gasteiger partial charge >= 0.3 is 0 Å². The summed E-state index contributed by atoms with van der Waals surface area (Å²) in [5.74, 6) is 0.181. The molecule has 0 aliphatic heterocycles. The van der Waals surface area contributed by atoms with Crippen molar-refractivity contribution >= 4 is 44.5 Å². The summed E-state index contributed by atoms with van der Waals surface area (Å²) in [5.41, 5.74) is 2.29. The van der Waals surface area contributed by atoms with Crippen LogP contribution in [0.2, 0.25) is 0 Å². The molecule has 146 valence electrons. The standard InChI is InChI=1S/C20H21BrN4O3/c1-13(22-19(27)12-28-2)20-24-16-8-3-4-9-17(16)25(20)11-18(26)23-15-7-5-6-14(21)10-15/h3-10,13H,11-12H2,1-2H3,(H,22,27)(H,23,26). The van der Waals surface area contributed by atoms with Gasteiger partial charge in [0, 0.05) is 17.3 Å². The molecule has 1 aromatic heterocycles. The van der Waals surface area contributed by atoms with Crippen LogP contribution in [0.3, 0.4) is 0 Å². The fraction of sp³-hybridized carbons (Fsp3) is 0.250. The van der Waals surface area contributed by atoms with Crippen molar-refractivity contribution in [2.45, 2.75) is 19.5 Å². The number of anilines is 1. The minimum Gasteiger partial charge on any atom is -0.375 e. The third kappa shape index (κ3) is 4.76. The zero-order chi connectivity index (χ0) is 20.1. The van der Waals surface area contributed by atoms with Gasteiger partial charge < -0.3 is 19.9 Å². The number of fused-ring (bicyclic) bond motifs is 1. The fourth-order valence-electron chi connectivity index (χ4n) is 2.98. The summed E-state index contributed by atoms with van der Waals surface area (Å²) < 4.78 is 7.57. The largest absolute Gasteiger partial charge is 0.375 e. The summed E-state index contributed by atoms with van der Waals surface area (Å²) in [6.45, 7) is 1.87. The van der Waals surface area contributed by atoms with Gasteiger partial charge in [-0.3, -0.25) is 9.59 Å². The van der Waals surface area contributed by atoms with Gasteiger partial charge in [-0.15, -0.1) is 0 Å². The van der Waals surface area contributed by atoms with Crippen LogP contribution in [-0.2, 0) is 20.9 Å². The average molecular weight is 445 g/mol. The Kier molecular flexibility index (Phi) is 6.43. The first kappa shape index (κ1) is 20.0. The van der Waals surface area contributed by atoms with Crippen LogP contribution in [0.5, 0.6) is 0 Å². The van der Waals surface area contributed by atoms with Crippen molar-refractivity contribution in [3.63, 3.8) is 0 Å². The summed E-state index contributed by atoms with van der Waals surface area (Å²) in [5, 5.41) is 5.73. The lowest BCUT2D eigenvalue weighted by Gasteiger charge is -2.16. The van der Waals surface area contributed by atoms with E-state index in [2.05, 4.69) is 31.5 Å².